The molecule has 10 heavy (non-hydrogen) atoms. The van der Waals surface area contributed by atoms with Crippen LogP contribution in [-0.2, 0) is 0 Å². The van der Waals surface area contributed by atoms with Gasteiger partial charge in [-0.25, -0.2) is 0 Å². The fraction of sp³-hybridized carbons (Fsp3) is 1.00. The second-order valence-corrected chi connectivity index (χ2v) is 2.70. The highest BCUT2D eigenvalue weighted by Gasteiger charge is 2.11. The molecule has 4 heteroatoms. The molecule has 1 unspecified atom stereocenters. The van der Waals surface area contributed by atoms with Gasteiger partial charge in [-0.1, -0.05) is 13.8 Å². The molecule has 0 radical (unpaired) electrons. The Morgan fingerprint density at radius 1 is 1.50 bits per heavy atom. The number of nitrogens with zero attached hydrogens (tertiary/aromatic N) is 1. The predicted molar refractivity (Wildman–Crippen MR) is 39.6 cm³/mol. The zero-order valence-corrected chi connectivity index (χ0v) is 6.63. The van der Waals surface area contributed by atoms with E-state index in [0.29, 0.717) is 12.6 Å². The molecule has 60 valence electrons. The molecule has 0 aromatic rings. The van der Waals surface area contributed by atoms with E-state index in [9.17, 15) is 10.1 Å². The van der Waals surface area contributed by atoms with Crippen LogP contribution in [0.15, 0.2) is 0 Å². The Morgan fingerprint density at radius 3 is 2.30 bits per heavy atom. The Kier molecular flexibility index (Phi) is 3.95. The van der Waals surface area contributed by atoms with Crippen LogP contribution in [0.3, 0.4) is 0 Å². The van der Waals surface area contributed by atoms with Gasteiger partial charge in [0, 0.05) is 17.9 Å². The van der Waals surface area contributed by atoms with E-state index in [1.807, 2.05) is 13.8 Å². The molecule has 0 spiro atoms. The van der Waals surface area contributed by atoms with Gasteiger partial charge in [0.15, 0.2) is 0 Å². The zero-order valence-electron chi connectivity index (χ0n) is 6.63. The standard InChI is InChI=1S/C6H14N2O2/c1-5(2)7-4-6(3)8(9)10/h5-7H,4H2,1-3H3. The highest BCUT2D eigenvalue weighted by molar-refractivity contribution is 4.56. The van der Waals surface area contributed by atoms with Gasteiger partial charge >= 0.3 is 0 Å². The molecule has 0 rings (SSSR count). The van der Waals surface area contributed by atoms with Crippen LogP contribution >= 0.6 is 0 Å². The van der Waals surface area contributed by atoms with Crippen molar-refractivity contribution in [3.05, 3.63) is 10.1 Å². The highest BCUT2D eigenvalue weighted by Crippen LogP contribution is 1.86. The zero-order chi connectivity index (χ0) is 8.15. The van der Waals surface area contributed by atoms with Gasteiger partial charge in [0.25, 0.3) is 0 Å². The van der Waals surface area contributed by atoms with Gasteiger partial charge in [0.2, 0.25) is 6.04 Å². The Balaban J connectivity index is 3.40. The quantitative estimate of drug-likeness (QED) is 0.468. The van der Waals surface area contributed by atoms with Crippen molar-refractivity contribution in [1.29, 1.82) is 0 Å². The van der Waals surface area contributed by atoms with Gasteiger partial charge in [0.05, 0.1) is 6.54 Å². The van der Waals surface area contributed by atoms with Crippen molar-refractivity contribution < 1.29 is 4.92 Å². The first-order valence-electron chi connectivity index (χ1n) is 3.41. The Labute approximate surface area is 60.8 Å². The fourth-order valence-corrected chi connectivity index (χ4v) is 0.481. The molecule has 0 aliphatic carbocycles. The smallest absolute Gasteiger partial charge is 0.222 e. The van der Waals surface area contributed by atoms with Crippen LogP contribution in [0.5, 0.6) is 0 Å². The molecule has 0 aromatic heterocycles. The van der Waals surface area contributed by atoms with Crippen LogP contribution in [0.25, 0.3) is 0 Å². The molecule has 0 aromatic carbocycles. The van der Waals surface area contributed by atoms with Crippen LogP contribution in [0, 0.1) is 10.1 Å². The van der Waals surface area contributed by atoms with Crippen LogP contribution in [0.2, 0.25) is 0 Å². The largest absolute Gasteiger partial charge is 0.308 e. The minimum atomic E-state index is -0.484. The van der Waals surface area contributed by atoms with Gasteiger partial charge in [0.1, 0.15) is 0 Å². The third-order valence-corrected chi connectivity index (χ3v) is 1.18. The number of nitro groups is 1. The van der Waals surface area contributed by atoms with E-state index in [4.69, 9.17) is 0 Å². The minimum absolute atomic E-state index is 0.282. The van der Waals surface area contributed by atoms with Gasteiger partial charge in [-0.2, -0.15) is 0 Å². The van der Waals surface area contributed by atoms with Crippen molar-refractivity contribution in [2.75, 3.05) is 6.54 Å². The van der Waals surface area contributed by atoms with Gasteiger partial charge in [-0.15, -0.1) is 0 Å². The molecule has 0 fully saturated rings. The number of nitrogens with one attached hydrogen (secondary N) is 1. The molecule has 0 bridgehead atoms. The van der Waals surface area contributed by atoms with Gasteiger partial charge in [-0.05, 0) is 0 Å². The number of rotatable bonds is 4. The molecule has 0 amide bonds. The minimum Gasteiger partial charge on any atom is -0.308 e. The van der Waals surface area contributed by atoms with Crippen LogP contribution in [-0.4, -0.2) is 23.6 Å². The lowest BCUT2D eigenvalue weighted by molar-refractivity contribution is -0.515. The average Bonchev–Trinajstić information content (AvgIpc) is 1.82. The molecule has 4 nitrogen and oxygen atoms in total. The number of hydrogen-bond acceptors (Lipinski definition) is 3. The van der Waals surface area contributed by atoms with Gasteiger partial charge < -0.3 is 5.32 Å². The van der Waals surface area contributed by atoms with Crippen molar-refractivity contribution in [2.45, 2.75) is 32.9 Å². The first-order chi connectivity index (χ1) is 4.54. The average molecular weight is 146 g/mol. The third kappa shape index (κ3) is 4.26. The van der Waals surface area contributed by atoms with Gasteiger partial charge in [-0.3, -0.25) is 10.1 Å². The van der Waals surface area contributed by atoms with Crippen molar-refractivity contribution in [2.24, 2.45) is 0 Å². The van der Waals surface area contributed by atoms with Crippen LogP contribution in [0.4, 0.5) is 0 Å². The highest BCUT2D eigenvalue weighted by atomic mass is 16.6. The van der Waals surface area contributed by atoms with E-state index in [1.54, 1.807) is 6.92 Å². The lowest BCUT2D eigenvalue weighted by Crippen LogP contribution is -2.34. The first-order valence-corrected chi connectivity index (χ1v) is 3.41. The maximum atomic E-state index is 10.1. The topological polar surface area (TPSA) is 55.2 Å². The molecular weight excluding hydrogens is 132 g/mol. The molecule has 0 heterocycles. The fourth-order valence-electron chi connectivity index (χ4n) is 0.481. The molecular formula is C6H14N2O2. The lowest BCUT2D eigenvalue weighted by atomic mass is 10.3. The lowest BCUT2D eigenvalue weighted by Gasteiger charge is -2.08. The van der Waals surface area contributed by atoms with Crippen molar-refractivity contribution in [3.63, 3.8) is 0 Å². The molecule has 1 N–H and O–H groups in total. The molecule has 0 saturated heterocycles. The van der Waals surface area contributed by atoms with E-state index < -0.39 is 6.04 Å². The molecule has 0 saturated carbocycles. The number of hydrogen-bond donors (Lipinski definition) is 1. The van der Waals surface area contributed by atoms with Crippen LogP contribution < -0.4 is 5.32 Å². The molecule has 0 aliphatic heterocycles. The summed E-state index contributed by atoms with van der Waals surface area (Å²) in [5.74, 6) is 0. The SMILES string of the molecule is CC(C)NCC(C)[N+](=O)[O-]. The van der Waals surface area contributed by atoms with Crippen LogP contribution in [0.1, 0.15) is 20.8 Å². The summed E-state index contributed by atoms with van der Waals surface area (Å²) in [5, 5.41) is 13.1. The molecule has 0 aliphatic rings. The maximum Gasteiger partial charge on any atom is 0.222 e. The summed E-state index contributed by atoms with van der Waals surface area (Å²) >= 11 is 0. The normalized spacial score (nSPS) is 13.6. The van der Waals surface area contributed by atoms with E-state index in [0.717, 1.165) is 0 Å². The maximum absolute atomic E-state index is 10.1. The Morgan fingerprint density at radius 2 is 2.00 bits per heavy atom. The second-order valence-electron chi connectivity index (χ2n) is 2.70. The van der Waals surface area contributed by atoms with E-state index in [1.165, 1.54) is 0 Å². The van der Waals surface area contributed by atoms with Crippen molar-refractivity contribution >= 4 is 0 Å². The predicted octanol–water partition coefficient (Wildman–Crippen LogP) is 0.650. The van der Waals surface area contributed by atoms with E-state index >= 15 is 0 Å². The summed E-state index contributed by atoms with van der Waals surface area (Å²) in [7, 11) is 0. The second kappa shape index (κ2) is 4.22. The summed E-state index contributed by atoms with van der Waals surface area (Å²) < 4.78 is 0. The van der Waals surface area contributed by atoms with E-state index in [2.05, 4.69) is 5.32 Å². The molecule has 1 atom stereocenters. The Hall–Kier alpha value is -0.640. The Bertz CT molecular complexity index is 114. The summed E-state index contributed by atoms with van der Waals surface area (Å²) in [4.78, 5) is 9.80. The van der Waals surface area contributed by atoms with Crippen molar-refractivity contribution in [1.82, 2.24) is 5.32 Å². The first kappa shape index (κ1) is 9.36. The third-order valence-electron chi connectivity index (χ3n) is 1.18. The summed E-state index contributed by atoms with van der Waals surface area (Å²) in [6.07, 6.45) is 0. The van der Waals surface area contributed by atoms with E-state index in [-0.39, 0.29) is 4.92 Å². The summed E-state index contributed by atoms with van der Waals surface area (Å²) in [6, 6.07) is -0.162. The monoisotopic (exact) mass is 146 g/mol. The summed E-state index contributed by atoms with van der Waals surface area (Å²) in [5.41, 5.74) is 0. The summed E-state index contributed by atoms with van der Waals surface area (Å²) in [6.45, 7) is 5.97. The van der Waals surface area contributed by atoms with Crippen molar-refractivity contribution in [3.8, 4) is 0 Å².